The average Bonchev–Trinajstić information content (AvgIpc) is 2.20. The van der Waals surface area contributed by atoms with Crippen molar-refractivity contribution in [3.8, 4) is 0 Å². The first-order valence-electron chi connectivity index (χ1n) is 4.80. The summed E-state index contributed by atoms with van der Waals surface area (Å²) < 4.78 is 25.6. The lowest BCUT2D eigenvalue weighted by atomic mass is 10.4. The molecule has 0 aliphatic carbocycles. The van der Waals surface area contributed by atoms with E-state index in [2.05, 4.69) is 15.9 Å². The molecule has 1 unspecified atom stereocenters. The van der Waals surface area contributed by atoms with Gasteiger partial charge in [-0.05, 0) is 18.2 Å². The van der Waals surface area contributed by atoms with E-state index in [0.717, 1.165) is 0 Å². The average molecular weight is 361 g/mol. The van der Waals surface area contributed by atoms with E-state index >= 15 is 0 Å². The molecule has 7 heteroatoms. The Balaban J connectivity index is 3.17. The Kier molecular flexibility index (Phi) is 5.28. The van der Waals surface area contributed by atoms with Crippen molar-refractivity contribution in [2.24, 2.45) is 0 Å². The summed E-state index contributed by atoms with van der Waals surface area (Å²) >= 11 is 15.0. The molecule has 0 radical (unpaired) electrons. The third-order valence-electron chi connectivity index (χ3n) is 2.09. The van der Waals surface area contributed by atoms with E-state index < -0.39 is 10.0 Å². The van der Waals surface area contributed by atoms with E-state index in [1.807, 2.05) is 6.92 Å². The van der Waals surface area contributed by atoms with E-state index in [1.54, 1.807) is 6.07 Å². The molecule has 0 saturated heterocycles. The number of halogens is 3. The lowest BCUT2D eigenvalue weighted by Crippen LogP contribution is -2.31. The minimum atomic E-state index is -3.60. The summed E-state index contributed by atoms with van der Waals surface area (Å²) in [5.74, 6) is 0. The Morgan fingerprint density at radius 1 is 1.41 bits per heavy atom. The van der Waals surface area contributed by atoms with Gasteiger partial charge in [0.25, 0.3) is 0 Å². The van der Waals surface area contributed by atoms with E-state index in [4.69, 9.17) is 23.2 Å². The molecule has 1 aromatic rings. The number of nitrogens with zero attached hydrogens (tertiary/aromatic N) is 1. The number of benzene rings is 1. The predicted octanol–water partition coefficient (Wildman–Crippen LogP) is 3.40. The number of sulfonamides is 1. The summed E-state index contributed by atoms with van der Waals surface area (Å²) in [6.45, 7) is 2.22. The second kappa shape index (κ2) is 5.89. The summed E-state index contributed by atoms with van der Waals surface area (Å²) in [6.07, 6.45) is 0. The van der Waals surface area contributed by atoms with Crippen LogP contribution in [-0.2, 0) is 10.0 Å². The Bertz CT molecular complexity index is 505. The molecule has 0 spiro atoms. The summed E-state index contributed by atoms with van der Waals surface area (Å²) in [5.41, 5.74) is 0. The zero-order valence-corrected chi connectivity index (χ0v) is 13.2. The van der Waals surface area contributed by atoms with Gasteiger partial charge in [-0.1, -0.05) is 46.1 Å². The van der Waals surface area contributed by atoms with Crippen LogP contribution in [0.2, 0.25) is 10.0 Å². The van der Waals surface area contributed by atoms with Crippen molar-refractivity contribution in [3.05, 3.63) is 28.2 Å². The Hall–Kier alpha value is 0.190. The quantitative estimate of drug-likeness (QED) is 0.771. The largest absolute Gasteiger partial charge is 0.244 e. The molecular formula is C10H12BrCl2NO2S. The van der Waals surface area contributed by atoms with Crippen molar-refractivity contribution in [3.63, 3.8) is 0 Å². The van der Waals surface area contributed by atoms with Crippen LogP contribution < -0.4 is 0 Å². The monoisotopic (exact) mass is 359 g/mol. The third kappa shape index (κ3) is 3.83. The van der Waals surface area contributed by atoms with Gasteiger partial charge in [0.1, 0.15) is 4.90 Å². The maximum atomic E-state index is 12.2. The van der Waals surface area contributed by atoms with E-state index in [1.165, 1.54) is 23.5 Å². The van der Waals surface area contributed by atoms with Crippen molar-refractivity contribution in [2.45, 2.75) is 16.6 Å². The van der Waals surface area contributed by atoms with Crippen molar-refractivity contribution in [1.29, 1.82) is 0 Å². The molecule has 0 fully saturated rings. The maximum Gasteiger partial charge on any atom is 0.244 e. The predicted molar refractivity (Wildman–Crippen MR) is 74.7 cm³/mol. The summed E-state index contributed by atoms with van der Waals surface area (Å²) in [6, 6.07) is 4.38. The third-order valence-corrected chi connectivity index (χ3v) is 4.92. The number of rotatable bonds is 4. The molecule has 0 aromatic heterocycles. The zero-order chi connectivity index (χ0) is 13.2. The van der Waals surface area contributed by atoms with Crippen LogP contribution in [0.25, 0.3) is 0 Å². The molecule has 0 aliphatic rings. The normalized spacial score (nSPS) is 14.0. The fourth-order valence-corrected chi connectivity index (χ4v) is 3.91. The first kappa shape index (κ1) is 15.2. The van der Waals surface area contributed by atoms with Gasteiger partial charge in [-0.3, -0.25) is 0 Å². The van der Waals surface area contributed by atoms with Crippen LogP contribution in [0.4, 0.5) is 0 Å². The highest BCUT2D eigenvalue weighted by molar-refractivity contribution is 9.09. The van der Waals surface area contributed by atoms with E-state index in [0.29, 0.717) is 11.6 Å². The zero-order valence-electron chi connectivity index (χ0n) is 9.32. The van der Waals surface area contributed by atoms with Gasteiger partial charge in [-0.15, -0.1) is 0 Å². The van der Waals surface area contributed by atoms with Gasteiger partial charge < -0.3 is 0 Å². The van der Waals surface area contributed by atoms with Crippen LogP contribution in [-0.4, -0.2) is 31.1 Å². The van der Waals surface area contributed by atoms with Crippen molar-refractivity contribution in [2.75, 3.05) is 13.6 Å². The molecule has 0 saturated carbocycles. The van der Waals surface area contributed by atoms with E-state index in [-0.39, 0.29) is 14.7 Å². The molecule has 0 bridgehead atoms. The summed E-state index contributed by atoms with van der Waals surface area (Å²) in [5, 5.41) is 0.511. The Morgan fingerprint density at radius 3 is 2.53 bits per heavy atom. The molecule has 0 heterocycles. The molecule has 17 heavy (non-hydrogen) atoms. The smallest absolute Gasteiger partial charge is 0.207 e. The van der Waals surface area contributed by atoms with Gasteiger partial charge in [0.2, 0.25) is 10.0 Å². The van der Waals surface area contributed by atoms with Gasteiger partial charge in [-0.25, -0.2) is 8.42 Å². The van der Waals surface area contributed by atoms with E-state index in [9.17, 15) is 8.42 Å². The standard InChI is InChI=1S/C10H12BrCl2NO2S/c1-7(11)6-14(2)17(15,16)10-5-8(12)3-4-9(10)13/h3-5,7H,6H2,1-2H3. The maximum absolute atomic E-state index is 12.2. The Morgan fingerprint density at radius 2 is 2.00 bits per heavy atom. The molecule has 3 nitrogen and oxygen atoms in total. The van der Waals surface area contributed by atoms with Gasteiger partial charge in [0, 0.05) is 23.4 Å². The highest BCUT2D eigenvalue weighted by atomic mass is 79.9. The van der Waals surface area contributed by atoms with Gasteiger partial charge in [0.05, 0.1) is 5.02 Å². The van der Waals surface area contributed by atoms with Crippen molar-refractivity contribution >= 4 is 49.2 Å². The molecule has 1 rings (SSSR count). The lowest BCUT2D eigenvalue weighted by molar-refractivity contribution is 0.473. The number of hydrogen-bond acceptors (Lipinski definition) is 2. The fourth-order valence-electron chi connectivity index (χ4n) is 1.30. The molecule has 1 atom stereocenters. The lowest BCUT2D eigenvalue weighted by Gasteiger charge is -2.19. The van der Waals surface area contributed by atoms with Gasteiger partial charge in [0.15, 0.2) is 0 Å². The van der Waals surface area contributed by atoms with Crippen LogP contribution in [0.15, 0.2) is 23.1 Å². The van der Waals surface area contributed by atoms with Gasteiger partial charge >= 0.3 is 0 Å². The number of alkyl halides is 1. The first-order chi connectivity index (χ1) is 7.75. The molecule has 0 aliphatic heterocycles. The molecule has 0 N–H and O–H groups in total. The second-order valence-electron chi connectivity index (χ2n) is 3.64. The van der Waals surface area contributed by atoms with Crippen LogP contribution in [0.1, 0.15) is 6.92 Å². The molecule has 96 valence electrons. The molecule has 1 aromatic carbocycles. The fraction of sp³-hybridized carbons (Fsp3) is 0.400. The van der Waals surface area contributed by atoms with Crippen molar-refractivity contribution in [1.82, 2.24) is 4.31 Å². The van der Waals surface area contributed by atoms with Crippen LogP contribution in [0, 0.1) is 0 Å². The highest BCUT2D eigenvalue weighted by Gasteiger charge is 2.24. The minimum Gasteiger partial charge on any atom is -0.207 e. The van der Waals surface area contributed by atoms with Crippen LogP contribution in [0.5, 0.6) is 0 Å². The summed E-state index contributed by atoms with van der Waals surface area (Å²) in [7, 11) is -2.10. The minimum absolute atomic E-state index is 0.0299. The van der Waals surface area contributed by atoms with Crippen molar-refractivity contribution < 1.29 is 8.42 Å². The SMILES string of the molecule is CC(Br)CN(C)S(=O)(=O)c1cc(Cl)ccc1Cl. The number of hydrogen-bond donors (Lipinski definition) is 0. The first-order valence-corrected chi connectivity index (χ1v) is 7.91. The highest BCUT2D eigenvalue weighted by Crippen LogP contribution is 2.27. The summed E-state index contributed by atoms with van der Waals surface area (Å²) in [4.78, 5) is 0.0857. The Labute approximate surface area is 120 Å². The van der Waals surface area contributed by atoms with Gasteiger partial charge in [-0.2, -0.15) is 4.31 Å². The van der Waals surface area contributed by atoms with Crippen LogP contribution in [0.3, 0.4) is 0 Å². The molecular weight excluding hydrogens is 349 g/mol. The molecule has 0 amide bonds. The van der Waals surface area contributed by atoms with Crippen LogP contribution >= 0.6 is 39.1 Å². The topological polar surface area (TPSA) is 37.4 Å². The second-order valence-corrected chi connectivity index (χ2v) is 8.06.